The molecular weight excluding hydrogens is 713 g/mol. The van der Waals surface area contributed by atoms with E-state index in [1.165, 1.54) is 188 Å². The van der Waals surface area contributed by atoms with Crippen LogP contribution in [0.5, 0.6) is 0 Å². The fourth-order valence-corrected chi connectivity index (χ4v) is 11.5. The van der Waals surface area contributed by atoms with Crippen LogP contribution in [0.4, 0.5) is 0 Å². The van der Waals surface area contributed by atoms with Crippen molar-refractivity contribution in [3.63, 3.8) is 0 Å². The molecule has 0 saturated carbocycles. The Kier molecular flexibility index (Phi) is 9.22. The molecule has 0 atom stereocenters. The summed E-state index contributed by atoms with van der Waals surface area (Å²) >= 11 is 0. The Morgan fingerprint density at radius 3 is 0.695 bits per heavy atom. The van der Waals surface area contributed by atoms with Crippen LogP contribution in [-0.4, -0.2) is 0 Å². The molecule has 1 aromatic heterocycles. The first-order chi connectivity index (χ1) is 27.5. The highest BCUT2D eigenvalue weighted by Gasteiger charge is 2.32. The van der Waals surface area contributed by atoms with Gasteiger partial charge in [0.2, 0.25) is 0 Å². The van der Waals surface area contributed by atoms with Crippen molar-refractivity contribution in [3.8, 4) is 22.3 Å². The average molecular weight is 779 g/mol. The Balaban J connectivity index is 1.84. The summed E-state index contributed by atoms with van der Waals surface area (Å²) in [5, 5.41) is 11.0. The minimum atomic E-state index is 1.03. The van der Waals surface area contributed by atoms with Crippen molar-refractivity contribution in [2.75, 3.05) is 0 Å². The van der Waals surface area contributed by atoms with E-state index in [0.29, 0.717) is 0 Å². The van der Waals surface area contributed by atoms with Crippen LogP contribution in [0.1, 0.15) is 122 Å². The molecule has 59 heavy (non-hydrogen) atoms. The van der Waals surface area contributed by atoms with E-state index in [1.807, 2.05) is 0 Å². The van der Waals surface area contributed by atoms with Crippen LogP contribution in [0.2, 0.25) is 0 Å². The molecule has 0 fully saturated rings. The molecule has 0 amide bonds. The van der Waals surface area contributed by atoms with Crippen LogP contribution in [0.15, 0.2) is 4.42 Å². The second kappa shape index (κ2) is 13.3. The van der Waals surface area contributed by atoms with Crippen LogP contribution in [0.3, 0.4) is 0 Å². The van der Waals surface area contributed by atoms with Gasteiger partial charge in [-0.25, -0.2) is 0 Å². The van der Waals surface area contributed by atoms with Crippen molar-refractivity contribution in [2.24, 2.45) is 0 Å². The maximum atomic E-state index is 7.17. The third-order valence-corrected chi connectivity index (χ3v) is 17.1. The summed E-state index contributed by atoms with van der Waals surface area (Å²) in [4.78, 5) is 0. The van der Waals surface area contributed by atoms with Gasteiger partial charge in [0.25, 0.3) is 0 Å². The van der Waals surface area contributed by atoms with E-state index in [2.05, 4.69) is 152 Å². The molecule has 0 radical (unpaired) electrons. The Hall–Kier alpha value is -4.88. The van der Waals surface area contributed by atoms with Crippen LogP contribution >= 0.6 is 0 Å². The van der Waals surface area contributed by atoms with Crippen molar-refractivity contribution in [1.29, 1.82) is 0 Å². The molecular formula is C58H66O. The van der Waals surface area contributed by atoms with Crippen molar-refractivity contribution in [2.45, 2.75) is 152 Å². The summed E-state index contributed by atoms with van der Waals surface area (Å²) in [6.45, 7) is 51.7. The number of hydrogen-bond acceptors (Lipinski definition) is 1. The highest BCUT2D eigenvalue weighted by molar-refractivity contribution is 6.31. The van der Waals surface area contributed by atoms with Gasteiger partial charge in [0.15, 0.2) is 0 Å². The first-order valence-corrected chi connectivity index (χ1v) is 21.9. The zero-order valence-electron chi connectivity index (χ0n) is 40.4. The van der Waals surface area contributed by atoms with Gasteiger partial charge in [-0.05, 0) is 329 Å². The summed E-state index contributed by atoms with van der Waals surface area (Å²) in [7, 11) is 0. The lowest BCUT2D eigenvalue weighted by Gasteiger charge is -2.30. The summed E-state index contributed by atoms with van der Waals surface area (Å²) < 4.78 is 7.17. The number of hydrogen-bond donors (Lipinski definition) is 0. The average Bonchev–Trinajstić information content (AvgIpc) is 3.61. The van der Waals surface area contributed by atoms with E-state index in [-0.39, 0.29) is 0 Å². The predicted molar refractivity (Wildman–Crippen MR) is 261 cm³/mol. The third kappa shape index (κ3) is 4.97. The minimum Gasteiger partial charge on any atom is -0.455 e. The Labute approximate surface area is 354 Å². The highest BCUT2D eigenvalue weighted by atomic mass is 16.3. The Bertz CT molecular complexity index is 3210. The number of rotatable bonds is 2. The molecule has 0 aliphatic rings. The number of furan rings is 1. The van der Waals surface area contributed by atoms with Crippen LogP contribution in [0.25, 0.3) is 76.5 Å². The summed E-state index contributed by atoms with van der Waals surface area (Å²) in [5.41, 5.74) is 37.6. The lowest BCUT2D eigenvalue weighted by Crippen LogP contribution is -2.07. The second-order valence-electron chi connectivity index (χ2n) is 19.0. The van der Waals surface area contributed by atoms with Crippen LogP contribution in [-0.2, 0) is 0 Å². The maximum Gasteiger partial charge on any atom is 0.139 e. The highest BCUT2D eigenvalue weighted by Crippen LogP contribution is 2.56. The molecule has 0 saturated heterocycles. The molecule has 8 aromatic rings. The molecule has 8 rings (SSSR count). The van der Waals surface area contributed by atoms with Gasteiger partial charge in [-0.2, -0.15) is 0 Å². The fraction of sp³-hybridized carbons (Fsp3) is 0.379. The fourth-order valence-electron chi connectivity index (χ4n) is 11.5. The van der Waals surface area contributed by atoms with E-state index in [1.54, 1.807) is 0 Å². The molecule has 7 aromatic carbocycles. The molecule has 0 aliphatic carbocycles. The lowest BCUT2D eigenvalue weighted by molar-refractivity contribution is 0.661. The van der Waals surface area contributed by atoms with Gasteiger partial charge in [0, 0.05) is 10.8 Å². The van der Waals surface area contributed by atoms with Gasteiger partial charge >= 0.3 is 0 Å². The standard InChI is InChI=1S/C58H66O/c1-23-24(2)35(13)46-45(33(23)11)34(12)31(9)40(18)47(46)54-48-36(14)25(3)27(5)38(16)50(48)55(51-39(17)28(6)26(4)37(15)49(51)54)52-41(19)32(10)44(22)58-56(52)53-42(20)29(7)30(8)43(21)57(53)59-58/h1-22H3. The number of fused-ring (bicyclic) bond motifs is 6. The maximum absolute atomic E-state index is 7.17. The molecule has 304 valence electrons. The zero-order valence-corrected chi connectivity index (χ0v) is 40.4. The van der Waals surface area contributed by atoms with Gasteiger partial charge in [-0.15, -0.1) is 0 Å². The normalized spacial score (nSPS) is 12.2. The molecule has 0 bridgehead atoms. The van der Waals surface area contributed by atoms with Gasteiger partial charge in [0.1, 0.15) is 11.2 Å². The van der Waals surface area contributed by atoms with E-state index in [4.69, 9.17) is 4.42 Å². The molecule has 0 spiro atoms. The first-order valence-electron chi connectivity index (χ1n) is 21.9. The Morgan fingerprint density at radius 1 is 0.153 bits per heavy atom. The van der Waals surface area contributed by atoms with Gasteiger partial charge in [-0.3, -0.25) is 0 Å². The van der Waals surface area contributed by atoms with E-state index >= 15 is 0 Å². The first kappa shape index (κ1) is 40.9. The zero-order chi connectivity index (χ0) is 43.5. The lowest BCUT2D eigenvalue weighted by atomic mass is 9.73. The van der Waals surface area contributed by atoms with Gasteiger partial charge in [0.05, 0.1) is 0 Å². The second-order valence-corrected chi connectivity index (χ2v) is 19.0. The summed E-state index contributed by atoms with van der Waals surface area (Å²) in [6, 6.07) is 0. The van der Waals surface area contributed by atoms with E-state index in [0.717, 1.165) is 11.2 Å². The summed E-state index contributed by atoms with van der Waals surface area (Å²) in [5.74, 6) is 0. The minimum absolute atomic E-state index is 1.03. The quantitative estimate of drug-likeness (QED) is 0.159. The topological polar surface area (TPSA) is 13.1 Å². The molecule has 0 unspecified atom stereocenters. The van der Waals surface area contributed by atoms with Crippen molar-refractivity contribution in [1.82, 2.24) is 0 Å². The van der Waals surface area contributed by atoms with Gasteiger partial charge < -0.3 is 4.42 Å². The van der Waals surface area contributed by atoms with E-state index in [9.17, 15) is 0 Å². The molecule has 1 nitrogen and oxygen atoms in total. The number of benzene rings is 7. The van der Waals surface area contributed by atoms with Gasteiger partial charge in [-0.1, -0.05) is 0 Å². The predicted octanol–water partition coefficient (Wildman–Crippen LogP) is 17.2. The monoisotopic (exact) mass is 779 g/mol. The van der Waals surface area contributed by atoms with E-state index < -0.39 is 0 Å². The molecule has 1 heteroatoms. The smallest absolute Gasteiger partial charge is 0.139 e. The van der Waals surface area contributed by atoms with Crippen molar-refractivity contribution < 1.29 is 4.42 Å². The molecule has 0 N–H and O–H groups in total. The number of aryl methyl sites for hydroxylation is 10. The van der Waals surface area contributed by atoms with Crippen LogP contribution < -0.4 is 0 Å². The third-order valence-electron chi connectivity index (χ3n) is 17.1. The van der Waals surface area contributed by atoms with Crippen molar-refractivity contribution >= 4 is 54.3 Å². The summed E-state index contributed by atoms with van der Waals surface area (Å²) in [6.07, 6.45) is 0. The molecule has 1 heterocycles. The van der Waals surface area contributed by atoms with Crippen molar-refractivity contribution in [3.05, 3.63) is 122 Å². The van der Waals surface area contributed by atoms with Crippen LogP contribution in [0, 0.1) is 152 Å². The SMILES string of the molecule is Cc1c(C)c(C)c2c(oc3c(C)c(C)c(C)c(-c4c5c(C)c(C)c(C)c(C)c5c(-c5c(C)c(C)c(C)c6c(C)c(C)c(C)c(C)c56)c5c(C)c(C)c(C)c(C)c45)c32)c1C. The molecule has 0 aliphatic heterocycles. The Morgan fingerprint density at radius 2 is 0.356 bits per heavy atom. The largest absolute Gasteiger partial charge is 0.455 e.